The fourth-order valence-corrected chi connectivity index (χ4v) is 7.19. The molecule has 0 aromatic heterocycles. The Kier molecular flexibility index (Phi) is 52.4. The Hall–Kier alpha value is -6.79. The maximum absolute atomic E-state index is 13.6. The van der Waals surface area contributed by atoms with Gasteiger partial charge in [0, 0.05) is 85.3 Å². The molecule has 470 valence electrons. The van der Waals surface area contributed by atoms with E-state index in [4.69, 9.17) is 65.1 Å². The standard InChI is InChI=1S/C49H88N18O16/c1-39(68)60-42(13-4-8-19-58-66-52)48(74)62-40(11-2-6-17-56-64-50)46(72)54-21-25-78-30-34-83-38-36-81-32-28-77-24-16-44(69)61-43(14-5-9-20-59-67-53)49(75)63-41(12-3-7-18-57-65-51)47(73)55-22-26-79-29-33-82-37-35-80-31-27-76-23-10-15-45(70)71/h40-43H,2-38H2,1H3,(H,54,72)(H,55,73)(H,60,68)(H,61,69)(H,62,74)(H,63,75)(H,70,71)/t40-,41-,42-,43-/m0/s1. The molecule has 0 saturated heterocycles. The predicted molar refractivity (Wildman–Crippen MR) is 299 cm³/mol. The van der Waals surface area contributed by atoms with Crippen LogP contribution in [-0.2, 0) is 71.5 Å². The highest BCUT2D eigenvalue weighted by Gasteiger charge is 2.28. The number of hydrogen-bond acceptors (Lipinski definition) is 19. The van der Waals surface area contributed by atoms with Crippen LogP contribution in [0.5, 0.6) is 0 Å². The summed E-state index contributed by atoms with van der Waals surface area (Å²) in [6.45, 7) is 6.38. The summed E-state index contributed by atoms with van der Waals surface area (Å²) in [7, 11) is 0. The molecule has 0 aliphatic carbocycles. The molecule has 6 amide bonds. The minimum Gasteiger partial charge on any atom is -0.481 e. The third-order valence-corrected chi connectivity index (χ3v) is 11.3. The molecule has 83 heavy (non-hydrogen) atoms. The van der Waals surface area contributed by atoms with Crippen LogP contribution in [0.4, 0.5) is 0 Å². The molecule has 0 aliphatic rings. The van der Waals surface area contributed by atoms with Gasteiger partial charge in [0.25, 0.3) is 0 Å². The molecule has 4 atom stereocenters. The van der Waals surface area contributed by atoms with Crippen molar-refractivity contribution in [2.75, 3.05) is 145 Å². The van der Waals surface area contributed by atoms with Crippen molar-refractivity contribution >= 4 is 41.4 Å². The summed E-state index contributed by atoms with van der Waals surface area (Å²) >= 11 is 0. The molecule has 0 saturated carbocycles. The van der Waals surface area contributed by atoms with Gasteiger partial charge in [-0.2, -0.15) is 0 Å². The Morgan fingerprint density at radius 2 is 0.675 bits per heavy atom. The van der Waals surface area contributed by atoms with E-state index < -0.39 is 65.6 Å². The van der Waals surface area contributed by atoms with Crippen LogP contribution < -0.4 is 31.9 Å². The van der Waals surface area contributed by atoms with Gasteiger partial charge in [0.05, 0.1) is 99.1 Å². The molecule has 0 bridgehead atoms. The van der Waals surface area contributed by atoms with Gasteiger partial charge in [-0.05, 0) is 79.9 Å². The highest BCUT2D eigenvalue weighted by Crippen LogP contribution is 2.09. The fourth-order valence-electron chi connectivity index (χ4n) is 7.19. The summed E-state index contributed by atoms with van der Waals surface area (Å²) in [5.41, 5.74) is 34.4. The van der Waals surface area contributed by atoms with E-state index in [1.165, 1.54) is 6.92 Å². The smallest absolute Gasteiger partial charge is 0.303 e. The molecular weight excluding hydrogens is 1100 g/mol. The molecule has 0 aliphatic heterocycles. The number of unbranched alkanes of at least 4 members (excludes halogenated alkanes) is 4. The third kappa shape index (κ3) is 49.5. The van der Waals surface area contributed by atoms with Crippen LogP contribution in [0.15, 0.2) is 20.5 Å². The molecular formula is C49H88N18O16. The van der Waals surface area contributed by atoms with Crippen LogP contribution in [0.3, 0.4) is 0 Å². The Morgan fingerprint density at radius 1 is 0.373 bits per heavy atom. The molecule has 34 heteroatoms. The maximum Gasteiger partial charge on any atom is 0.303 e. The number of carbonyl (C=O) groups excluding carboxylic acids is 6. The minimum atomic E-state index is -1.02. The van der Waals surface area contributed by atoms with Crippen LogP contribution in [0.2, 0.25) is 0 Å². The number of ether oxygens (including phenoxy) is 8. The number of carboxylic acid groups (broad SMARTS) is 1. The number of nitrogens with zero attached hydrogens (tertiary/aromatic N) is 12. The summed E-state index contributed by atoms with van der Waals surface area (Å²) in [4.78, 5) is 99.4. The van der Waals surface area contributed by atoms with Crippen LogP contribution in [-0.4, -0.2) is 216 Å². The van der Waals surface area contributed by atoms with E-state index in [1.54, 1.807) is 0 Å². The fraction of sp³-hybridized carbons (Fsp3) is 0.857. The number of amides is 6. The lowest BCUT2D eigenvalue weighted by atomic mass is 10.1. The van der Waals surface area contributed by atoms with Gasteiger partial charge in [0.15, 0.2) is 0 Å². The first kappa shape index (κ1) is 76.2. The number of nitrogens with one attached hydrogen (secondary N) is 6. The van der Waals surface area contributed by atoms with Crippen LogP contribution in [0.1, 0.15) is 103 Å². The lowest BCUT2D eigenvalue weighted by Gasteiger charge is -2.23. The average molecular weight is 1190 g/mol. The van der Waals surface area contributed by atoms with Crippen molar-refractivity contribution in [2.45, 2.75) is 127 Å². The molecule has 7 N–H and O–H groups in total. The second kappa shape index (κ2) is 57.0. The number of hydrogen-bond donors (Lipinski definition) is 7. The second-order valence-corrected chi connectivity index (χ2v) is 18.0. The number of aliphatic carboxylic acids is 1. The number of rotatable bonds is 59. The van der Waals surface area contributed by atoms with Gasteiger partial charge >= 0.3 is 5.97 Å². The average Bonchev–Trinajstić information content (AvgIpc) is 3.47. The minimum absolute atomic E-state index is 0.0266. The highest BCUT2D eigenvalue weighted by molar-refractivity contribution is 5.92. The second-order valence-electron chi connectivity index (χ2n) is 18.0. The zero-order valence-corrected chi connectivity index (χ0v) is 47.9. The first-order chi connectivity index (χ1) is 40.4. The first-order valence-corrected chi connectivity index (χ1v) is 28.0. The molecule has 0 heterocycles. The monoisotopic (exact) mass is 1180 g/mol. The normalized spacial score (nSPS) is 12.1. The lowest BCUT2D eigenvalue weighted by Crippen LogP contribution is -2.54. The predicted octanol–water partition coefficient (Wildman–Crippen LogP) is 3.49. The van der Waals surface area contributed by atoms with Gasteiger partial charge < -0.3 is 74.9 Å². The van der Waals surface area contributed by atoms with E-state index in [0.717, 1.165) is 0 Å². The Balaban J connectivity index is 4.76. The van der Waals surface area contributed by atoms with E-state index in [1.807, 2.05) is 0 Å². The van der Waals surface area contributed by atoms with Gasteiger partial charge in [-0.25, -0.2) is 0 Å². The van der Waals surface area contributed by atoms with E-state index in [2.05, 4.69) is 72.0 Å². The van der Waals surface area contributed by atoms with Gasteiger partial charge in [0.2, 0.25) is 35.4 Å². The molecule has 0 rings (SSSR count). The molecule has 0 radical (unpaired) electrons. The molecule has 0 fully saturated rings. The number of carboxylic acids is 1. The Morgan fingerprint density at radius 3 is 1.00 bits per heavy atom. The highest BCUT2D eigenvalue weighted by atomic mass is 16.6. The summed E-state index contributed by atoms with van der Waals surface area (Å²) in [5.74, 6) is -3.80. The van der Waals surface area contributed by atoms with Crippen molar-refractivity contribution < 1.29 is 76.6 Å². The van der Waals surface area contributed by atoms with Crippen molar-refractivity contribution in [3.8, 4) is 0 Å². The topological polar surface area (TPSA) is 481 Å². The molecule has 0 spiro atoms. The van der Waals surface area contributed by atoms with E-state index in [-0.39, 0.29) is 150 Å². The molecule has 0 unspecified atom stereocenters. The number of carbonyl (C=O) groups is 7. The zero-order chi connectivity index (χ0) is 61.1. The maximum atomic E-state index is 13.6. The molecule has 0 aromatic rings. The SMILES string of the molecule is CC(=O)N[C@@H](CCCCN=[N+]=[N-])C(=O)N[C@@H](CCCCN=[N+]=[N-])C(=O)NCCOCCOCCOCCOCCC(=O)N[C@@H](CCCCN=[N+]=[N-])C(=O)N[C@@H](CCCCN=[N+]=[N-])C(=O)NCCOCCOCCOCCOCCCC(=O)O. The summed E-state index contributed by atoms with van der Waals surface area (Å²) < 4.78 is 43.9. The van der Waals surface area contributed by atoms with Crippen molar-refractivity contribution in [3.63, 3.8) is 0 Å². The Labute approximate surface area is 483 Å². The van der Waals surface area contributed by atoms with Crippen molar-refractivity contribution in [1.29, 1.82) is 0 Å². The van der Waals surface area contributed by atoms with Gasteiger partial charge in [-0.1, -0.05) is 46.1 Å². The van der Waals surface area contributed by atoms with Gasteiger partial charge in [-0.15, -0.1) is 0 Å². The van der Waals surface area contributed by atoms with E-state index >= 15 is 0 Å². The van der Waals surface area contributed by atoms with Gasteiger partial charge in [-0.3, -0.25) is 33.6 Å². The molecule has 0 aromatic carbocycles. The first-order valence-electron chi connectivity index (χ1n) is 28.0. The van der Waals surface area contributed by atoms with Gasteiger partial charge in [0.1, 0.15) is 24.2 Å². The van der Waals surface area contributed by atoms with Crippen molar-refractivity contribution in [2.24, 2.45) is 20.5 Å². The van der Waals surface area contributed by atoms with E-state index in [9.17, 15) is 33.6 Å². The van der Waals surface area contributed by atoms with Crippen LogP contribution in [0, 0.1) is 0 Å². The van der Waals surface area contributed by atoms with Crippen LogP contribution in [0.25, 0.3) is 41.8 Å². The lowest BCUT2D eigenvalue weighted by molar-refractivity contribution is -0.137. The largest absolute Gasteiger partial charge is 0.481 e. The Bertz CT molecular complexity index is 1990. The summed E-state index contributed by atoms with van der Waals surface area (Å²) in [5, 5.41) is 38.9. The van der Waals surface area contributed by atoms with E-state index in [0.29, 0.717) is 90.8 Å². The number of azide groups is 4. The zero-order valence-electron chi connectivity index (χ0n) is 47.9. The molecule has 34 nitrogen and oxygen atoms in total. The summed E-state index contributed by atoms with van der Waals surface area (Å²) in [6, 6.07) is -3.83. The summed E-state index contributed by atoms with van der Waals surface area (Å²) in [6.07, 6.45) is 5.12. The van der Waals surface area contributed by atoms with Crippen molar-refractivity contribution in [3.05, 3.63) is 41.8 Å². The quantitative estimate of drug-likeness (QED) is 0.0198. The third-order valence-electron chi connectivity index (χ3n) is 11.3. The van der Waals surface area contributed by atoms with Crippen LogP contribution >= 0.6 is 0 Å². The van der Waals surface area contributed by atoms with Crippen molar-refractivity contribution in [1.82, 2.24) is 31.9 Å².